The van der Waals surface area contributed by atoms with Crippen LogP contribution in [0.4, 0.5) is 0 Å². The maximum Gasteiger partial charge on any atom is 0.161 e. The second kappa shape index (κ2) is 4.09. The molecule has 0 unspecified atom stereocenters. The van der Waals surface area contributed by atoms with Crippen LogP contribution in [-0.4, -0.2) is 31.6 Å². The molecule has 1 aliphatic rings. The molecule has 0 saturated carbocycles. The van der Waals surface area contributed by atoms with E-state index in [0.29, 0.717) is 17.0 Å². The smallest absolute Gasteiger partial charge is 0.161 e. The third-order valence-corrected chi connectivity index (χ3v) is 3.04. The Morgan fingerprint density at radius 2 is 2.12 bits per heavy atom. The normalized spacial score (nSPS) is 23.7. The molecule has 0 aromatic heterocycles. The van der Waals surface area contributed by atoms with E-state index in [4.69, 9.17) is 12.2 Å². The predicted octanol–water partition coefficient (Wildman–Crippen LogP) is 1.86. The minimum absolute atomic E-state index is 0.0908. The third kappa shape index (κ3) is 2.16. The van der Waals surface area contributed by atoms with E-state index >= 15 is 0 Å². The van der Waals surface area contributed by atoms with Gasteiger partial charge in [-0.3, -0.25) is 0 Å². The predicted molar refractivity (Wildman–Crippen MR) is 70.0 cm³/mol. The molecule has 5 heteroatoms. The summed E-state index contributed by atoms with van der Waals surface area (Å²) < 4.78 is 0. The Balaban J connectivity index is 2.36. The lowest BCUT2D eigenvalue weighted by Crippen LogP contribution is -2.42. The lowest BCUT2D eigenvalue weighted by molar-refractivity contribution is -0.0311. The van der Waals surface area contributed by atoms with E-state index in [2.05, 4.69) is 5.10 Å². The maximum absolute atomic E-state index is 10.2. The van der Waals surface area contributed by atoms with Crippen molar-refractivity contribution in [2.24, 2.45) is 5.10 Å². The maximum atomic E-state index is 10.2. The Bertz CT molecular complexity index is 497. The van der Waals surface area contributed by atoms with Gasteiger partial charge in [-0.1, -0.05) is 24.4 Å². The summed E-state index contributed by atoms with van der Waals surface area (Å²) in [5.74, 6) is 0.0908. The highest BCUT2D eigenvalue weighted by Crippen LogP contribution is 2.29. The van der Waals surface area contributed by atoms with Gasteiger partial charge in [-0.25, -0.2) is 5.01 Å². The van der Waals surface area contributed by atoms with Crippen LogP contribution < -0.4 is 0 Å². The molecule has 0 amide bonds. The topological polar surface area (TPSA) is 56.1 Å². The second-order valence-electron chi connectivity index (χ2n) is 4.36. The fourth-order valence-corrected chi connectivity index (χ4v) is 2.32. The Morgan fingerprint density at radius 3 is 2.65 bits per heavy atom. The standard InChI is InChI=1S/C12H14N2O2S/c1-8-7-12(2,16)14(13-8)11(17)9-5-3-4-6-10(9)15/h3-6,15-16H,7H2,1-2H3/t12-/m1/s1. The molecule has 2 rings (SSSR count). The highest BCUT2D eigenvalue weighted by Gasteiger charge is 2.37. The molecular formula is C12H14N2O2S. The van der Waals surface area contributed by atoms with E-state index in [1.807, 2.05) is 6.92 Å². The van der Waals surface area contributed by atoms with Crippen LogP contribution in [0.5, 0.6) is 5.75 Å². The Hall–Kier alpha value is -1.46. The van der Waals surface area contributed by atoms with Gasteiger partial charge in [0.2, 0.25) is 0 Å². The number of aromatic hydroxyl groups is 1. The van der Waals surface area contributed by atoms with E-state index in [0.717, 1.165) is 5.71 Å². The van der Waals surface area contributed by atoms with E-state index < -0.39 is 5.72 Å². The molecule has 0 saturated heterocycles. The van der Waals surface area contributed by atoms with Crippen molar-refractivity contribution in [1.29, 1.82) is 0 Å². The first-order valence-electron chi connectivity index (χ1n) is 5.31. The van der Waals surface area contributed by atoms with E-state index in [1.165, 1.54) is 5.01 Å². The third-order valence-electron chi connectivity index (χ3n) is 2.64. The average Bonchev–Trinajstić information content (AvgIpc) is 2.51. The number of hydrazone groups is 1. The van der Waals surface area contributed by atoms with E-state index in [1.54, 1.807) is 31.2 Å². The number of hydrogen-bond acceptors (Lipinski definition) is 4. The summed E-state index contributed by atoms with van der Waals surface area (Å²) in [6.45, 7) is 3.49. The molecule has 4 nitrogen and oxygen atoms in total. The van der Waals surface area contributed by atoms with Gasteiger partial charge in [-0.15, -0.1) is 0 Å². The average molecular weight is 250 g/mol. The second-order valence-corrected chi connectivity index (χ2v) is 4.75. The van der Waals surface area contributed by atoms with Crippen LogP contribution in [-0.2, 0) is 0 Å². The van der Waals surface area contributed by atoms with Gasteiger partial charge in [-0.05, 0) is 26.0 Å². The summed E-state index contributed by atoms with van der Waals surface area (Å²) >= 11 is 5.27. The zero-order valence-corrected chi connectivity index (χ0v) is 10.5. The lowest BCUT2D eigenvalue weighted by Gasteiger charge is -2.29. The van der Waals surface area contributed by atoms with Gasteiger partial charge < -0.3 is 10.2 Å². The van der Waals surface area contributed by atoms with Crippen molar-refractivity contribution in [3.05, 3.63) is 29.8 Å². The number of rotatable bonds is 1. The number of phenolic OH excluding ortho intramolecular Hbond substituents is 1. The molecule has 1 aliphatic heterocycles. The minimum Gasteiger partial charge on any atom is -0.507 e. The lowest BCUT2D eigenvalue weighted by atomic mass is 10.1. The number of aliphatic hydroxyl groups is 1. The molecule has 1 aromatic carbocycles. The fourth-order valence-electron chi connectivity index (χ4n) is 1.91. The number of thiocarbonyl (C=S) groups is 1. The van der Waals surface area contributed by atoms with Crippen LogP contribution in [0.15, 0.2) is 29.4 Å². The number of nitrogens with zero attached hydrogens (tertiary/aromatic N) is 2. The molecule has 1 heterocycles. The van der Waals surface area contributed by atoms with Gasteiger partial charge >= 0.3 is 0 Å². The van der Waals surface area contributed by atoms with Gasteiger partial charge in [0, 0.05) is 12.1 Å². The molecule has 90 valence electrons. The molecule has 0 bridgehead atoms. The van der Waals surface area contributed by atoms with Gasteiger partial charge in [0.15, 0.2) is 5.72 Å². The van der Waals surface area contributed by atoms with Crippen molar-refractivity contribution in [1.82, 2.24) is 5.01 Å². The van der Waals surface area contributed by atoms with Crippen LogP contribution in [0, 0.1) is 0 Å². The van der Waals surface area contributed by atoms with Crippen molar-refractivity contribution in [2.75, 3.05) is 0 Å². The molecule has 1 atom stereocenters. The fraction of sp³-hybridized carbons (Fsp3) is 0.333. The van der Waals surface area contributed by atoms with Crippen molar-refractivity contribution in [3.8, 4) is 5.75 Å². The highest BCUT2D eigenvalue weighted by atomic mass is 32.1. The molecular weight excluding hydrogens is 236 g/mol. The molecule has 0 fully saturated rings. The van der Waals surface area contributed by atoms with Gasteiger partial charge in [-0.2, -0.15) is 5.10 Å². The van der Waals surface area contributed by atoms with Crippen LogP contribution in [0.1, 0.15) is 25.8 Å². The van der Waals surface area contributed by atoms with Crippen molar-refractivity contribution in [2.45, 2.75) is 26.0 Å². The summed E-state index contributed by atoms with van der Waals surface area (Å²) in [6, 6.07) is 6.76. The van der Waals surface area contributed by atoms with Gasteiger partial charge in [0.1, 0.15) is 10.7 Å². The highest BCUT2D eigenvalue weighted by molar-refractivity contribution is 7.80. The summed E-state index contributed by atoms with van der Waals surface area (Å²) in [5, 5.41) is 25.5. The summed E-state index contributed by atoms with van der Waals surface area (Å²) in [7, 11) is 0. The SMILES string of the molecule is CC1=NN(C(=S)c2ccccc2O)[C@](C)(O)C1. The first-order valence-corrected chi connectivity index (χ1v) is 5.71. The van der Waals surface area contributed by atoms with Crippen molar-refractivity contribution < 1.29 is 10.2 Å². The zero-order chi connectivity index (χ0) is 12.6. The zero-order valence-electron chi connectivity index (χ0n) is 9.71. The van der Waals surface area contributed by atoms with Crippen LogP contribution >= 0.6 is 12.2 Å². The number of para-hydroxylation sites is 1. The molecule has 0 radical (unpaired) electrons. The summed E-state index contributed by atoms with van der Waals surface area (Å²) in [5.41, 5.74) is 0.192. The number of benzene rings is 1. The van der Waals surface area contributed by atoms with Crippen molar-refractivity contribution in [3.63, 3.8) is 0 Å². The first kappa shape index (κ1) is 12.0. The molecule has 17 heavy (non-hydrogen) atoms. The first-order chi connectivity index (χ1) is 7.92. The van der Waals surface area contributed by atoms with E-state index in [9.17, 15) is 10.2 Å². The molecule has 2 N–H and O–H groups in total. The van der Waals surface area contributed by atoms with E-state index in [-0.39, 0.29) is 5.75 Å². The number of phenols is 1. The quantitative estimate of drug-likeness (QED) is 0.747. The molecule has 0 spiro atoms. The summed E-state index contributed by atoms with van der Waals surface area (Å²) in [6.07, 6.45) is 0.445. The van der Waals surface area contributed by atoms with Gasteiger partial charge in [0.05, 0.1) is 5.56 Å². The van der Waals surface area contributed by atoms with Crippen LogP contribution in [0.2, 0.25) is 0 Å². The monoisotopic (exact) mass is 250 g/mol. The molecule has 0 aliphatic carbocycles. The van der Waals surface area contributed by atoms with Crippen LogP contribution in [0.3, 0.4) is 0 Å². The number of hydrogen-bond donors (Lipinski definition) is 2. The van der Waals surface area contributed by atoms with Crippen LogP contribution in [0.25, 0.3) is 0 Å². The Morgan fingerprint density at radius 1 is 1.47 bits per heavy atom. The largest absolute Gasteiger partial charge is 0.507 e. The Labute approximate surface area is 105 Å². The summed E-state index contributed by atoms with van der Waals surface area (Å²) in [4.78, 5) is 0.324. The molecule has 1 aromatic rings. The van der Waals surface area contributed by atoms with Crippen molar-refractivity contribution >= 4 is 22.9 Å². The minimum atomic E-state index is -1.12. The Kier molecular flexibility index (Phi) is 2.89. The van der Waals surface area contributed by atoms with Gasteiger partial charge in [0.25, 0.3) is 0 Å².